The van der Waals surface area contributed by atoms with Crippen LogP contribution in [-0.4, -0.2) is 20.7 Å². The first-order chi connectivity index (χ1) is 10.6. The van der Waals surface area contributed by atoms with Crippen LogP contribution in [0.3, 0.4) is 0 Å². The van der Waals surface area contributed by atoms with Gasteiger partial charge in [-0.1, -0.05) is 6.07 Å². The first-order valence-corrected chi connectivity index (χ1v) is 7.64. The van der Waals surface area contributed by atoms with Crippen molar-refractivity contribution in [3.8, 4) is 0 Å². The van der Waals surface area contributed by atoms with Crippen molar-refractivity contribution in [3.63, 3.8) is 0 Å². The number of nitrogens with two attached hydrogens (primary N) is 1. The van der Waals surface area contributed by atoms with Gasteiger partial charge >= 0.3 is 0 Å². The number of H-pyrrole nitrogens is 1. The Bertz CT molecular complexity index is 888. The Balaban J connectivity index is 1.87. The van der Waals surface area contributed by atoms with Gasteiger partial charge in [0.25, 0.3) is 5.91 Å². The highest BCUT2D eigenvalue weighted by atomic mass is 16.2. The fourth-order valence-electron chi connectivity index (χ4n) is 3.39. The van der Waals surface area contributed by atoms with Gasteiger partial charge in [0.2, 0.25) is 0 Å². The molecular formula is C17H18N4O. The van der Waals surface area contributed by atoms with Crippen LogP contribution < -0.4 is 5.73 Å². The number of rotatable bonds is 1. The molecule has 1 aromatic carbocycles. The standard InChI is InChI=1S/C17H18N4O/c1-10-9-13-11(6-4-7-14(13)19-10)17(22)21-15-8-3-2-5-12(15)16(18)20-21/h4,6-7,9,19H,2-3,5,8H2,1H3,(H2,18,20). The maximum atomic E-state index is 13.0. The molecule has 1 aliphatic rings. The van der Waals surface area contributed by atoms with Gasteiger partial charge < -0.3 is 10.7 Å². The van der Waals surface area contributed by atoms with Crippen molar-refractivity contribution in [2.24, 2.45) is 0 Å². The molecule has 1 aliphatic carbocycles. The summed E-state index contributed by atoms with van der Waals surface area (Å²) in [6, 6.07) is 7.73. The number of nitrogens with zero attached hydrogens (tertiary/aromatic N) is 2. The van der Waals surface area contributed by atoms with Gasteiger partial charge in [-0.2, -0.15) is 4.68 Å². The molecule has 5 heteroatoms. The zero-order chi connectivity index (χ0) is 15.3. The number of hydrogen-bond donors (Lipinski definition) is 2. The first kappa shape index (κ1) is 13.1. The van der Waals surface area contributed by atoms with Crippen LogP contribution in [0, 0.1) is 6.92 Å². The van der Waals surface area contributed by atoms with Crippen molar-refractivity contribution in [1.29, 1.82) is 0 Å². The van der Waals surface area contributed by atoms with Crippen molar-refractivity contribution in [2.45, 2.75) is 32.6 Å². The normalized spacial score (nSPS) is 14.2. The number of aromatic amines is 1. The van der Waals surface area contributed by atoms with E-state index < -0.39 is 0 Å². The van der Waals surface area contributed by atoms with E-state index in [1.165, 1.54) is 4.68 Å². The fraction of sp³-hybridized carbons (Fsp3) is 0.294. The van der Waals surface area contributed by atoms with Gasteiger partial charge in [0, 0.05) is 22.2 Å². The first-order valence-electron chi connectivity index (χ1n) is 7.64. The van der Waals surface area contributed by atoms with E-state index in [0.29, 0.717) is 11.4 Å². The topological polar surface area (TPSA) is 76.7 Å². The Kier molecular flexibility index (Phi) is 2.82. The van der Waals surface area contributed by atoms with Crippen LogP contribution in [0.5, 0.6) is 0 Å². The number of aryl methyl sites for hydroxylation is 1. The summed E-state index contributed by atoms with van der Waals surface area (Å²) in [5.41, 5.74) is 10.7. The molecular weight excluding hydrogens is 276 g/mol. The number of anilines is 1. The van der Waals surface area contributed by atoms with Crippen molar-refractivity contribution >= 4 is 22.6 Å². The van der Waals surface area contributed by atoms with E-state index in [-0.39, 0.29) is 5.91 Å². The second kappa shape index (κ2) is 4.73. The van der Waals surface area contributed by atoms with E-state index in [2.05, 4.69) is 10.1 Å². The lowest BCUT2D eigenvalue weighted by Gasteiger charge is -2.13. The summed E-state index contributed by atoms with van der Waals surface area (Å²) in [5.74, 6) is 0.403. The van der Waals surface area contributed by atoms with Gasteiger partial charge in [0.1, 0.15) is 5.82 Å². The lowest BCUT2D eigenvalue weighted by molar-refractivity contribution is 0.0943. The Hall–Kier alpha value is -2.56. The molecule has 0 amide bonds. The summed E-state index contributed by atoms with van der Waals surface area (Å²) in [7, 11) is 0. The maximum absolute atomic E-state index is 13.0. The Labute approximate surface area is 128 Å². The third-order valence-corrected chi connectivity index (χ3v) is 4.43. The van der Waals surface area contributed by atoms with Crippen molar-refractivity contribution in [2.75, 3.05) is 5.73 Å². The molecule has 0 saturated carbocycles. The molecule has 4 rings (SSSR count). The molecule has 0 saturated heterocycles. The molecule has 5 nitrogen and oxygen atoms in total. The van der Waals surface area contributed by atoms with Crippen LogP contribution in [0.15, 0.2) is 24.3 Å². The van der Waals surface area contributed by atoms with E-state index >= 15 is 0 Å². The predicted octanol–water partition coefficient (Wildman–Crippen LogP) is 2.82. The average molecular weight is 294 g/mol. The SMILES string of the molecule is Cc1cc2c(C(=O)n3nc(N)c4c3CCCC4)cccc2[nH]1. The molecule has 112 valence electrons. The number of aromatic nitrogens is 3. The quantitative estimate of drug-likeness (QED) is 0.724. The summed E-state index contributed by atoms with van der Waals surface area (Å²) in [5, 5.41) is 5.25. The van der Waals surface area contributed by atoms with Crippen LogP contribution in [0.1, 0.15) is 40.2 Å². The van der Waals surface area contributed by atoms with E-state index in [1.807, 2.05) is 31.2 Å². The molecule has 0 unspecified atom stereocenters. The van der Waals surface area contributed by atoms with Crippen molar-refractivity contribution < 1.29 is 4.79 Å². The smallest absolute Gasteiger partial charge is 0.279 e. The molecule has 0 radical (unpaired) electrons. The molecule has 3 aromatic rings. The summed E-state index contributed by atoms with van der Waals surface area (Å²) in [6.07, 6.45) is 3.98. The fourth-order valence-corrected chi connectivity index (χ4v) is 3.39. The largest absolute Gasteiger partial charge is 0.382 e. The van der Waals surface area contributed by atoms with Gasteiger partial charge in [0.15, 0.2) is 0 Å². The zero-order valence-electron chi connectivity index (χ0n) is 12.5. The third kappa shape index (κ3) is 1.85. The molecule has 2 aromatic heterocycles. The van der Waals surface area contributed by atoms with Crippen LogP contribution in [-0.2, 0) is 12.8 Å². The molecule has 2 heterocycles. The molecule has 0 spiro atoms. The summed E-state index contributed by atoms with van der Waals surface area (Å²) in [4.78, 5) is 16.3. The third-order valence-electron chi connectivity index (χ3n) is 4.43. The number of carbonyl (C=O) groups excluding carboxylic acids is 1. The molecule has 0 aliphatic heterocycles. The summed E-state index contributed by atoms with van der Waals surface area (Å²) in [6.45, 7) is 1.99. The Morgan fingerprint density at radius 3 is 3.00 bits per heavy atom. The predicted molar refractivity (Wildman–Crippen MR) is 86.0 cm³/mol. The van der Waals surface area contributed by atoms with Crippen molar-refractivity contribution in [3.05, 3.63) is 46.8 Å². The number of hydrogen-bond acceptors (Lipinski definition) is 3. The number of fused-ring (bicyclic) bond motifs is 2. The summed E-state index contributed by atoms with van der Waals surface area (Å²) >= 11 is 0. The molecule has 22 heavy (non-hydrogen) atoms. The molecule has 0 fully saturated rings. The van der Waals surface area contributed by atoms with Gasteiger partial charge in [-0.3, -0.25) is 4.79 Å². The van der Waals surface area contributed by atoms with Gasteiger partial charge in [-0.15, -0.1) is 5.10 Å². The summed E-state index contributed by atoms with van der Waals surface area (Å²) < 4.78 is 1.51. The number of nitrogens with one attached hydrogen (secondary N) is 1. The number of benzene rings is 1. The maximum Gasteiger partial charge on any atom is 0.279 e. The number of carbonyl (C=O) groups is 1. The highest BCUT2D eigenvalue weighted by Gasteiger charge is 2.24. The second-order valence-corrected chi connectivity index (χ2v) is 5.95. The van der Waals surface area contributed by atoms with E-state index in [4.69, 9.17) is 5.73 Å². The lowest BCUT2D eigenvalue weighted by atomic mass is 9.97. The molecule has 3 N–H and O–H groups in total. The Morgan fingerprint density at radius 2 is 2.14 bits per heavy atom. The highest BCUT2D eigenvalue weighted by molar-refractivity contribution is 6.07. The van der Waals surface area contributed by atoms with E-state index in [9.17, 15) is 4.79 Å². The second-order valence-electron chi connectivity index (χ2n) is 5.95. The Morgan fingerprint density at radius 1 is 1.32 bits per heavy atom. The monoisotopic (exact) mass is 294 g/mol. The van der Waals surface area contributed by atoms with Crippen LogP contribution >= 0.6 is 0 Å². The highest BCUT2D eigenvalue weighted by Crippen LogP contribution is 2.28. The van der Waals surface area contributed by atoms with Crippen LogP contribution in [0.2, 0.25) is 0 Å². The minimum atomic E-state index is -0.0977. The molecule has 0 atom stereocenters. The van der Waals surface area contributed by atoms with Gasteiger partial charge in [-0.05, 0) is 50.8 Å². The minimum Gasteiger partial charge on any atom is -0.382 e. The minimum absolute atomic E-state index is 0.0977. The van der Waals surface area contributed by atoms with E-state index in [0.717, 1.165) is 53.5 Å². The number of nitrogen functional groups attached to an aromatic ring is 1. The van der Waals surface area contributed by atoms with E-state index in [1.54, 1.807) is 0 Å². The molecule has 0 bridgehead atoms. The van der Waals surface area contributed by atoms with Crippen LogP contribution in [0.4, 0.5) is 5.82 Å². The van der Waals surface area contributed by atoms with Crippen molar-refractivity contribution in [1.82, 2.24) is 14.8 Å². The average Bonchev–Trinajstić information content (AvgIpc) is 3.06. The van der Waals surface area contributed by atoms with Crippen LogP contribution in [0.25, 0.3) is 10.9 Å². The van der Waals surface area contributed by atoms with Gasteiger partial charge in [0.05, 0.1) is 11.3 Å². The zero-order valence-corrected chi connectivity index (χ0v) is 12.5. The van der Waals surface area contributed by atoms with Gasteiger partial charge in [-0.25, -0.2) is 0 Å². The lowest BCUT2D eigenvalue weighted by Crippen LogP contribution is -2.18.